The zero-order chi connectivity index (χ0) is 12.4. The molecule has 0 unspecified atom stereocenters. The van der Waals surface area contributed by atoms with Crippen molar-refractivity contribution in [1.29, 1.82) is 0 Å². The van der Waals surface area contributed by atoms with Crippen molar-refractivity contribution in [2.75, 3.05) is 6.54 Å². The number of amides is 1. The van der Waals surface area contributed by atoms with Gasteiger partial charge in [0.1, 0.15) is 0 Å². The summed E-state index contributed by atoms with van der Waals surface area (Å²) >= 11 is 0. The molecular weight excluding hydrogens is 218 g/mol. The first-order valence-electron chi connectivity index (χ1n) is 6.24. The van der Waals surface area contributed by atoms with Crippen molar-refractivity contribution in [3.63, 3.8) is 0 Å². The Morgan fingerprint density at radius 1 is 1.35 bits per heavy atom. The first kappa shape index (κ1) is 12.0. The molecule has 0 fully saturated rings. The summed E-state index contributed by atoms with van der Waals surface area (Å²) in [6.07, 6.45) is 2.46. The van der Waals surface area contributed by atoms with E-state index in [0.29, 0.717) is 13.1 Å². The minimum absolute atomic E-state index is 0.0922. The third-order valence-corrected chi connectivity index (χ3v) is 3.59. The second-order valence-corrected chi connectivity index (χ2v) is 4.56. The van der Waals surface area contributed by atoms with E-state index in [1.807, 2.05) is 18.7 Å². The van der Waals surface area contributed by atoms with Crippen LogP contribution in [-0.2, 0) is 17.8 Å². The summed E-state index contributed by atoms with van der Waals surface area (Å²) in [6, 6.07) is 0. The van der Waals surface area contributed by atoms with Gasteiger partial charge in [-0.05, 0) is 12.8 Å². The van der Waals surface area contributed by atoms with Gasteiger partial charge in [-0.2, -0.15) is 0 Å². The molecule has 0 atom stereocenters. The third kappa shape index (κ3) is 2.14. The maximum absolute atomic E-state index is 12.2. The lowest BCUT2D eigenvalue weighted by molar-refractivity contribution is -0.136. The largest absolute Gasteiger partial charge is 0.337 e. The highest BCUT2D eigenvalue weighted by Gasteiger charge is 2.27. The molecule has 2 N–H and O–H groups in total. The number of aromatic nitrogens is 2. The molecule has 1 aromatic heterocycles. The minimum Gasteiger partial charge on any atom is -0.337 e. The molecular formula is C12H19N3O2. The topological polar surface area (TPSA) is 69.0 Å². The highest BCUT2D eigenvalue weighted by atomic mass is 16.2. The molecule has 2 rings (SSSR count). The average Bonchev–Trinajstić information content (AvgIpc) is 2.72. The number of fused-ring (bicyclic) bond motifs is 1. The number of carbonyl (C=O) groups is 1. The maximum atomic E-state index is 12.2. The number of hydrogen-bond acceptors (Lipinski definition) is 2. The predicted octanol–water partition coefficient (Wildman–Crippen LogP) is 1.02. The molecule has 1 aromatic rings. The first-order valence-corrected chi connectivity index (χ1v) is 6.24. The summed E-state index contributed by atoms with van der Waals surface area (Å²) in [5, 5.41) is 5.44. The van der Waals surface area contributed by atoms with E-state index >= 15 is 0 Å². The van der Waals surface area contributed by atoms with Crippen molar-refractivity contribution in [1.82, 2.24) is 15.1 Å². The lowest BCUT2D eigenvalue weighted by Gasteiger charge is -2.29. The van der Waals surface area contributed by atoms with E-state index in [1.54, 1.807) is 0 Å². The van der Waals surface area contributed by atoms with Crippen LogP contribution in [0.15, 0.2) is 4.79 Å². The van der Waals surface area contributed by atoms with Crippen LogP contribution >= 0.6 is 0 Å². The van der Waals surface area contributed by atoms with Gasteiger partial charge in [-0.1, -0.05) is 13.8 Å². The molecule has 1 amide bonds. The summed E-state index contributed by atoms with van der Waals surface area (Å²) < 4.78 is 0. The van der Waals surface area contributed by atoms with E-state index in [4.69, 9.17) is 0 Å². The van der Waals surface area contributed by atoms with Crippen molar-refractivity contribution in [2.45, 2.75) is 39.7 Å². The van der Waals surface area contributed by atoms with E-state index in [1.165, 1.54) is 0 Å². The second kappa shape index (κ2) is 4.77. The van der Waals surface area contributed by atoms with Gasteiger partial charge in [-0.3, -0.25) is 14.7 Å². The average molecular weight is 237 g/mol. The van der Waals surface area contributed by atoms with Gasteiger partial charge in [0.05, 0.1) is 12.1 Å². The molecule has 5 nitrogen and oxygen atoms in total. The van der Waals surface area contributed by atoms with Crippen LogP contribution in [0.2, 0.25) is 0 Å². The van der Waals surface area contributed by atoms with Gasteiger partial charge in [0.25, 0.3) is 5.56 Å². The van der Waals surface area contributed by atoms with Gasteiger partial charge in [0.2, 0.25) is 5.91 Å². The van der Waals surface area contributed by atoms with Crippen LogP contribution in [0.1, 0.15) is 37.9 Å². The molecule has 5 heteroatoms. The Balaban J connectivity index is 2.14. The number of nitrogens with one attached hydrogen (secondary N) is 2. The Hall–Kier alpha value is -1.52. The first-order chi connectivity index (χ1) is 8.17. The minimum atomic E-state index is -0.0953. The van der Waals surface area contributed by atoms with Crippen LogP contribution in [0.4, 0.5) is 0 Å². The van der Waals surface area contributed by atoms with E-state index < -0.39 is 0 Å². The smallest absolute Gasteiger partial charge is 0.269 e. The Bertz CT molecular complexity index is 457. The normalized spacial score (nSPS) is 15.1. The van der Waals surface area contributed by atoms with Crippen molar-refractivity contribution in [2.24, 2.45) is 5.92 Å². The van der Waals surface area contributed by atoms with E-state index in [2.05, 4.69) is 10.2 Å². The summed E-state index contributed by atoms with van der Waals surface area (Å²) in [4.78, 5) is 25.5. The maximum Gasteiger partial charge on any atom is 0.269 e. The second-order valence-electron chi connectivity index (χ2n) is 4.56. The molecule has 2 heterocycles. The van der Waals surface area contributed by atoms with Crippen LogP contribution in [0.3, 0.4) is 0 Å². The Kier molecular flexibility index (Phi) is 3.36. The Morgan fingerprint density at radius 3 is 2.71 bits per heavy atom. The highest BCUT2D eigenvalue weighted by Crippen LogP contribution is 2.18. The quantitative estimate of drug-likeness (QED) is 0.824. The van der Waals surface area contributed by atoms with E-state index in [-0.39, 0.29) is 17.4 Å². The monoisotopic (exact) mass is 237 g/mol. The number of nitrogens with zero attached hydrogens (tertiary/aromatic N) is 1. The molecule has 1 aliphatic rings. The van der Waals surface area contributed by atoms with Crippen LogP contribution in [-0.4, -0.2) is 27.5 Å². The molecule has 0 radical (unpaired) electrons. The zero-order valence-corrected chi connectivity index (χ0v) is 10.4. The van der Waals surface area contributed by atoms with Crippen LogP contribution in [0, 0.1) is 5.92 Å². The van der Waals surface area contributed by atoms with Gasteiger partial charge >= 0.3 is 0 Å². The number of aromatic amines is 2. The molecule has 0 spiro atoms. The van der Waals surface area contributed by atoms with Crippen LogP contribution < -0.4 is 5.56 Å². The lowest BCUT2D eigenvalue weighted by Crippen LogP contribution is -2.40. The molecule has 0 aliphatic carbocycles. The highest BCUT2D eigenvalue weighted by molar-refractivity contribution is 5.79. The van der Waals surface area contributed by atoms with Gasteiger partial charge in [-0.15, -0.1) is 0 Å². The molecule has 94 valence electrons. The summed E-state index contributed by atoms with van der Waals surface area (Å²) in [5.74, 6) is 0.274. The van der Waals surface area contributed by atoms with Crippen molar-refractivity contribution >= 4 is 5.91 Å². The Morgan fingerprint density at radius 2 is 2.06 bits per heavy atom. The fraction of sp³-hybridized carbons (Fsp3) is 0.667. The zero-order valence-electron chi connectivity index (χ0n) is 10.4. The third-order valence-electron chi connectivity index (χ3n) is 3.59. The summed E-state index contributed by atoms with van der Waals surface area (Å²) in [7, 11) is 0. The SMILES string of the molecule is CCC(CC)C(=O)N1CCc2[nH][nH]c(=O)c2C1. The molecule has 0 aromatic carbocycles. The number of carbonyl (C=O) groups excluding carboxylic acids is 1. The lowest BCUT2D eigenvalue weighted by atomic mass is 9.99. The van der Waals surface area contributed by atoms with Crippen molar-refractivity contribution < 1.29 is 4.79 Å². The van der Waals surface area contributed by atoms with Crippen molar-refractivity contribution in [3.8, 4) is 0 Å². The molecule has 1 aliphatic heterocycles. The van der Waals surface area contributed by atoms with Crippen molar-refractivity contribution in [3.05, 3.63) is 21.6 Å². The van der Waals surface area contributed by atoms with Gasteiger partial charge in [0.15, 0.2) is 0 Å². The molecule has 0 saturated heterocycles. The number of hydrogen-bond donors (Lipinski definition) is 2. The van der Waals surface area contributed by atoms with Crippen LogP contribution in [0.25, 0.3) is 0 Å². The number of H-pyrrole nitrogens is 2. The van der Waals surface area contributed by atoms with E-state index in [9.17, 15) is 9.59 Å². The fourth-order valence-corrected chi connectivity index (χ4v) is 2.40. The number of rotatable bonds is 3. The molecule has 17 heavy (non-hydrogen) atoms. The summed E-state index contributed by atoms with van der Waals surface area (Å²) in [5.41, 5.74) is 1.57. The van der Waals surface area contributed by atoms with Gasteiger partial charge < -0.3 is 10.00 Å². The summed E-state index contributed by atoms with van der Waals surface area (Å²) in [6.45, 7) is 5.22. The Labute approximate surface area is 100 Å². The fourth-order valence-electron chi connectivity index (χ4n) is 2.40. The van der Waals surface area contributed by atoms with Crippen LogP contribution in [0.5, 0.6) is 0 Å². The predicted molar refractivity (Wildman–Crippen MR) is 64.6 cm³/mol. The van der Waals surface area contributed by atoms with Gasteiger partial charge in [-0.25, -0.2) is 0 Å². The van der Waals surface area contributed by atoms with E-state index in [0.717, 1.165) is 30.5 Å². The standard InChI is InChI=1S/C12H19N3O2/c1-3-8(4-2)12(17)15-6-5-10-9(7-15)11(16)14-13-10/h8H,3-7H2,1-2H3,(H2,13,14,16). The molecule has 0 saturated carbocycles. The molecule has 0 bridgehead atoms. The van der Waals surface area contributed by atoms with Gasteiger partial charge in [0, 0.05) is 24.6 Å².